The van der Waals surface area contributed by atoms with Gasteiger partial charge in [0.05, 0.1) is 18.8 Å². The van der Waals surface area contributed by atoms with Gasteiger partial charge in [-0.25, -0.2) is 4.79 Å². The molecule has 0 fully saturated rings. The van der Waals surface area contributed by atoms with E-state index >= 15 is 0 Å². The number of benzene rings is 4. The van der Waals surface area contributed by atoms with Crippen molar-refractivity contribution >= 4 is 69.4 Å². The number of carboxylic acid groups (broad SMARTS) is 1. The second-order valence-corrected chi connectivity index (χ2v) is 14.2. The van der Waals surface area contributed by atoms with Gasteiger partial charge in [-0.05, 0) is 119 Å². The van der Waals surface area contributed by atoms with Crippen LogP contribution >= 0.6 is 46.4 Å². The zero-order valence-electron chi connectivity index (χ0n) is 27.9. The van der Waals surface area contributed by atoms with Gasteiger partial charge in [-0.1, -0.05) is 70.7 Å². The van der Waals surface area contributed by atoms with Gasteiger partial charge in [-0.2, -0.15) is 26.3 Å². The Balaban J connectivity index is 0.000000208. The normalized spacial score (nSPS) is 19.9. The summed E-state index contributed by atoms with van der Waals surface area (Å²) in [6.07, 6.45) is -7.47. The number of hydrogen-bond donors (Lipinski definition) is 2. The quantitative estimate of drug-likeness (QED) is 0.189. The molecule has 6 nitrogen and oxygen atoms in total. The first-order chi connectivity index (χ1) is 25.1. The van der Waals surface area contributed by atoms with Crippen molar-refractivity contribution in [3.05, 3.63) is 150 Å². The zero-order valence-corrected chi connectivity index (χ0v) is 31.0. The first-order valence-corrected chi connectivity index (χ1v) is 17.1. The molecule has 0 saturated heterocycles. The number of carbonyl (C=O) groups is 2. The molecular formula is C38H27Cl4F6NO5. The molecule has 2 unspecified atom stereocenters. The van der Waals surface area contributed by atoms with Crippen LogP contribution in [0.1, 0.15) is 54.1 Å². The molecule has 6 rings (SSSR count). The topological polar surface area (TPSA) is 98.8 Å². The molecule has 4 aromatic rings. The predicted molar refractivity (Wildman–Crippen MR) is 194 cm³/mol. The second-order valence-electron chi connectivity index (χ2n) is 12.4. The summed E-state index contributed by atoms with van der Waals surface area (Å²) in [7, 11) is 0. The molecule has 2 aliphatic rings. The Bertz CT molecular complexity index is 2030. The molecule has 16 heteroatoms. The number of alkyl halides is 6. The van der Waals surface area contributed by atoms with Gasteiger partial charge < -0.3 is 20.3 Å². The van der Waals surface area contributed by atoms with Gasteiger partial charge in [0.15, 0.2) is 0 Å². The highest BCUT2D eigenvalue weighted by molar-refractivity contribution is 6.35. The van der Waals surface area contributed by atoms with Crippen LogP contribution in [-0.4, -0.2) is 42.5 Å². The number of carboxylic acids is 1. The zero-order chi connectivity index (χ0) is 40.0. The van der Waals surface area contributed by atoms with Crippen molar-refractivity contribution in [1.29, 1.82) is 0 Å². The van der Waals surface area contributed by atoms with Crippen LogP contribution < -0.4 is 5.73 Å². The summed E-state index contributed by atoms with van der Waals surface area (Å²) in [5.74, 6) is -1.71. The number of halogens is 10. The van der Waals surface area contributed by atoms with Crippen LogP contribution in [0.15, 0.2) is 84.9 Å². The largest absolute Gasteiger partial charge is 0.478 e. The fourth-order valence-corrected chi connectivity index (χ4v) is 7.19. The van der Waals surface area contributed by atoms with E-state index in [1.165, 1.54) is 60.7 Å². The van der Waals surface area contributed by atoms with Gasteiger partial charge in [-0.3, -0.25) is 4.79 Å². The third-order valence-corrected chi connectivity index (χ3v) is 9.65. The van der Waals surface area contributed by atoms with Crippen LogP contribution in [-0.2, 0) is 20.7 Å². The number of ether oxygens (including phenoxy) is 2. The Morgan fingerprint density at radius 3 is 1.28 bits per heavy atom. The molecule has 1 amide bonds. The molecule has 0 aliphatic carbocycles. The summed E-state index contributed by atoms with van der Waals surface area (Å²) in [5, 5.41) is 9.38. The highest BCUT2D eigenvalue weighted by Gasteiger charge is 2.59. The monoisotopic (exact) mass is 831 g/mol. The second kappa shape index (κ2) is 15.2. The minimum atomic E-state index is -4.75. The Hall–Kier alpha value is -4.04. The number of aromatic carboxylic acids is 1. The molecule has 2 aliphatic heterocycles. The van der Waals surface area contributed by atoms with Crippen LogP contribution in [0.5, 0.6) is 0 Å². The Morgan fingerprint density at radius 2 is 0.981 bits per heavy atom. The Labute approximate surface area is 324 Å². The van der Waals surface area contributed by atoms with Gasteiger partial charge in [0.2, 0.25) is 17.1 Å². The minimum absolute atomic E-state index is 0.0632. The third-order valence-electron chi connectivity index (χ3n) is 8.78. The van der Waals surface area contributed by atoms with Crippen LogP contribution in [0, 0.1) is 13.8 Å². The van der Waals surface area contributed by atoms with E-state index in [1.54, 1.807) is 26.0 Å². The van der Waals surface area contributed by atoms with Gasteiger partial charge in [0.1, 0.15) is 0 Å². The maximum atomic E-state index is 14.0. The molecule has 2 atom stereocenters. The number of hydrogen-bond acceptors (Lipinski definition) is 4. The van der Waals surface area contributed by atoms with E-state index in [1.807, 2.05) is 0 Å². The van der Waals surface area contributed by atoms with Crippen molar-refractivity contribution in [2.45, 2.75) is 37.4 Å². The fraction of sp³-hybridized carbons (Fsp3) is 0.211. The maximum Gasteiger partial charge on any atom is 0.425 e. The van der Waals surface area contributed by atoms with Crippen LogP contribution in [0.2, 0.25) is 20.1 Å². The van der Waals surface area contributed by atoms with Gasteiger partial charge in [-0.15, -0.1) is 0 Å². The van der Waals surface area contributed by atoms with Gasteiger partial charge in [0.25, 0.3) is 0 Å². The summed E-state index contributed by atoms with van der Waals surface area (Å²) in [4.78, 5) is 22.5. The van der Waals surface area contributed by atoms with Crippen LogP contribution in [0.3, 0.4) is 0 Å². The predicted octanol–water partition coefficient (Wildman–Crippen LogP) is 11.1. The summed E-state index contributed by atoms with van der Waals surface area (Å²) in [5.41, 5.74) is 2.50. The molecule has 0 radical (unpaired) electrons. The summed E-state index contributed by atoms with van der Waals surface area (Å²) in [6.45, 7) is 2.68. The number of primary amides is 1. The van der Waals surface area contributed by atoms with E-state index in [4.69, 9.17) is 66.7 Å². The van der Waals surface area contributed by atoms with Crippen LogP contribution in [0.4, 0.5) is 26.3 Å². The molecule has 54 heavy (non-hydrogen) atoms. The van der Waals surface area contributed by atoms with E-state index in [2.05, 4.69) is 0 Å². The Morgan fingerprint density at radius 1 is 0.630 bits per heavy atom. The summed E-state index contributed by atoms with van der Waals surface area (Å²) in [6, 6.07) is 16.4. The molecule has 284 valence electrons. The number of rotatable bonds is 6. The summed E-state index contributed by atoms with van der Waals surface area (Å²) >= 11 is 23.5. The average Bonchev–Trinajstić information content (AvgIpc) is 3.72. The Kier molecular flexibility index (Phi) is 11.6. The first kappa shape index (κ1) is 41.1. The van der Waals surface area contributed by atoms with Crippen molar-refractivity contribution in [2.24, 2.45) is 5.73 Å². The van der Waals surface area contributed by atoms with Gasteiger partial charge >= 0.3 is 18.3 Å². The van der Waals surface area contributed by atoms with E-state index in [0.717, 1.165) is 12.2 Å². The van der Waals surface area contributed by atoms with E-state index < -0.39 is 35.4 Å². The lowest BCUT2D eigenvalue weighted by Gasteiger charge is -2.30. The van der Waals surface area contributed by atoms with Crippen molar-refractivity contribution in [1.82, 2.24) is 0 Å². The lowest BCUT2D eigenvalue weighted by molar-refractivity contribution is -0.254. The number of amides is 1. The smallest absolute Gasteiger partial charge is 0.425 e. The maximum absolute atomic E-state index is 14.0. The lowest BCUT2D eigenvalue weighted by atomic mass is 9.90. The molecule has 2 heterocycles. The van der Waals surface area contributed by atoms with E-state index in [0.29, 0.717) is 39.0 Å². The lowest BCUT2D eigenvalue weighted by Crippen LogP contribution is -2.41. The molecule has 0 aromatic heterocycles. The summed E-state index contributed by atoms with van der Waals surface area (Å²) < 4.78 is 94.4. The number of nitrogens with two attached hydrogens (primary N) is 1. The number of aryl methyl sites for hydroxylation is 2. The van der Waals surface area contributed by atoms with Gasteiger partial charge in [0, 0.05) is 25.7 Å². The average molecular weight is 833 g/mol. The minimum Gasteiger partial charge on any atom is -0.478 e. The molecular weight excluding hydrogens is 806 g/mol. The standard InChI is InChI=1S/C19H14Cl2F3NO2.C19H13Cl2F3O3/c2*1-10-4-11(2-3-16(10)17(25)26)12-8-18(27-9-12,19(22,23)24)13-5-14(20)7-15(21)6-13/h2-8H,9H2,1H3,(H2,25,26);2-8H,9H2,1H3,(H,25,26). The highest BCUT2D eigenvalue weighted by Crippen LogP contribution is 2.51. The van der Waals surface area contributed by atoms with E-state index in [9.17, 15) is 35.9 Å². The van der Waals surface area contributed by atoms with E-state index in [-0.39, 0.29) is 50.0 Å². The SMILES string of the molecule is Cc1cc(C2=CC(c3cc(Cl)cc(Cl)c3)(C(F)(F)F)OC2)ccc1C(=O)O.Cc1cc(C2=CC(c3cc(Cl)cc(Cl)c3)(C(F)(F)F)OC2)ccc1C(N)=O. The van der Waals surface area contributed by atoms with Crippen molar-refractivity contribution in [2.75, 3.05) is 13.2 Å². The molecule has 0 bridgehead atoms. The first-order valence-electron chi connectivity index (χ1n) is 15.6. The van der Waals surface area contributed by atoms with Crippen LogP contribution in [0.25, 0.3) is 11.1 Å². The third kappa shape index (κ3) is 8.14. The van der Waals surface area contributed by atoms with Crippen molar-refractivity contribution < 1.29 is 50.5 Å². The molecule has 3 N–H and O–H groups in total. The van der Waals surface area contributed by atoms with Crippen molar-refractivity contribution in [3.8, 4) is 0 Å². The molecule has 4 aromatic carbocycles. The molecule has 0 spiro atoms. The molecule has 0 saturated carbocycles. The highest BCUT2D eigenvalue weighted by atomic mass is 35.5. The van der Waals surface area contributed by atoms with Crippen molar-refractivity contribution in [3.63, 3.8) is 0 Å². The fourth-order valence-electron chi connectivity index (χ4n) is 6.14. The number of carbonyl (C=O) groups excluding carboxylic acids is 1.